The molecule has 0 atom stereocenters. The summed E-state index contributed by atoms with van der Waals surface area (Å²) in [5.41, 5.74) is 5.02. The Bertz CT molecular complexity index is 233. The molecule has 0 bridgehead atoms. The fourth-order valence-electron chi connectivity index (χ4n) is 0.839. The maximum Gasteiger partial charge on any atom is 0.259 e. The summed E-state index contributed by atoms with van der Waals surface area (Å²) in [6.07, 6.45) is 4.90. The Morgan fingerprint density at radius 1 is 1.73 bits per heavy atom. The van der Waals surface area contributed by atoms with Gasteiger partial charge in [-0.2, -0.15) is 5.26 Å². The summed E-state index contributed by atoms with van der Waals surface area (Å²) >= 11 is 0. The minimum atomic E-state index is -0.617. The molecule has 0 aromatic rings. The van der Waals surface area contributed by atoms with Gasteiger partial charge in [0.15, 0.2) is 0 Å². The molecular weight excluding hydrogens is 140 g/mol. The second-order valence-corrected chi connectivity index (χ2v) is 2.77. The maximum absolute atomic E-state index is 10.5. The molecule has 1 saturated carbocycles. The van der Waals surface area contributed by atoms with Crippen LogP contribution in [0.3, 0.4) is 0 Å². The SMILES string of the molecule is N#C/C(=C\CC1CC1)C(N)=O. The first-order valence-corrected chi connectivity index (χ1v) is 3.64. The van der Waals surface area contributed by atoms with Gasteiger partial charge in [0.2, 0.25) is 0 Å². The zero-order valence-corrected chi connectivity index (χ0v) is 6.21. The first-order valence-electron chi connectivity index (χ1n) is 3.64. The van der Waals surface area contributed by atoms with E-state index in [4.69, 9.17) is 11.0 Å². The van der Waals surface area contributed by atoms with Gasteiger partial charge in [-0.1, -0.05) is 6.08 Å². The Labute approximate surface area is 65.5 Å². The van der Waals surface area contributed by atoms with Crippen molar-refractivity contribution in [2.75, 3.05) is 0 Å². The Morgan fingerprint density at radius 2 is 2.36 bits per heavy atom. The number of nitrogens with zero attached hydrogens (tertiary/aromatic N) is 1. The van der Waals surface area contributed by atoms with Crippen molar-refractivity contribution in [3.05, 3.63) is 11.6 Å². The Balaban J connectivity index is 2.45. The lowest BCUT2D eigenvalue weighted by Crippen LogP contribution is -2.12. The van der Waals surface area contributed by atoms with Gasteiger partial charge < -0.3 is 5.73 Å². The minimum absolute atomic E-state index is 0.0944. The number of hydrogen-bond donors (Lipinski definition) is 1. The van der Waals surface area contributed by atoms with E-state index < -0.39 is 5.91 Å². The van der Waals surface area contributed by atoms with E-state index in [9.17, 15) is 4.79 Å². The molecule has 11 heavy (non-hydrogen) atoms. The van der Waals surface area contributed by atoms with Crippen LogP contribution >= 0.6 is 0 Å². The zero-order chi connectivity index (χ0) is 8.27. The van der Waals surface area contributed by atoms with Crippen molar-refractivity contribution >= 4 is 5.91 Å². The molecule has 1 aliphatic rings. The number of primary amides is 1. The van der Waals surface area contributed by atoms with Gasteiger partial charge >= 0.3 is 0 Å². The molecule has 3 heteroatoms. The summed E-state index contributed by atoms with van der Waals surface area (Å²) in [6.45, 7) is 0. The quantitative estimate of drug-likeness (QED) is 0.476. The Kier molecular flexibility index (Phi) is 2.27. The van der Waals surface area contributed by atoms with Crippen LogP contribution in [0.5, 0.6) is 0 Å². The van der Waals surface area contributed by atoms with Gasteiger partial charge in [0, 0.05) is 0 Å². The number of carbonyl (C=O) groups excluding carboxylic acids is 1. The molecule has 0 heterocycles. The number of amides is 1. The van der Waals surface area contributed by atoms with Crippen LogP contribution in [0, 0.1) is 17.2 Å². The predicted molar refractivity (Wildman–Crippen MR) is 40.2 cm³/mol. The van der Waals surface area contributed by atoms with E-state index in [0.29, 0.717) is 5.92 Å². The van der Waals surface area contributed by atoms with Crippen molar-refractivity contribution in [2.24, 2.45) is 11.7 Å². The molecule has 1 fully saturated rings. The highest BCUT2D eigenvalue weighted by atomic mass is 16.1. The van der Waals surface area contributed by atoms with Crippen LogP contribution in [-0.2, 0) is 4.79 Å². The summed E-state index contributed by atoms with van der Waals surface area (Å²) in [6, 6.07) is 1.77. The minimum Gasteiger partial charge on any atom is -0.365 e. The Hall–Kier alpha value is -1.30. The first-order chi connectivity index (χ1) is 5.24. The van der Waals surface area contributed by atoms with Crippen molar-refractivity contribution < 1.29 is 4.79 Å². The molecule has 0 aromatic heterocycles. The summed E-state index contributed by atoms with van der Waals surface area (Å²) in [7, 11) is 0. The van der Waals surface area contributed by atoms with Gasteiger partial charge in [-0.3, -0.25) is 4.79 Å². The van der Waals surface area contributed by atoms with E-state index in [1.807, 2.05) is 0 Å². The third-order valence-corrected chi connectivity index (χ3v) is 1.74. The normalized spacial score (nSPS) is 17.5. The summed E-state index contributed by atoms with van der Waals surface area (Å²) in [5.74, 6) is 0.0749. The molecule has 1 amide bonds. The Morgan fingerprint density at radius 3 is 2.73 bits per heavy atom. The van der Waals surface area contributed by atoms with Crippen LogP contribution in [0.15, 0.2) is 11.6 Å². The molecule has 0 aromatic carbocycles. The first kappa shape index (κ1) is 7.80. The highest BCUT2D eigenvalue weighted by Gasteiger charge is 2.20. The molecule has 0 saturated heterocycles. The number of nitrogens with two attached hydrogens (primary N) is 1. The highest BCUT2D eigenvalue weighted by molar-refractivity contribution is 5.95. The van der Waals surface area contributed by atoms with Gasteiger partial charge in [0.1, 0.15) is 11.6 Å². The number of nitriles is 1. The standard InChI is InChI=1S/C8H10N2O/c9-5-7(8(10)11)4-3-6-1-2-6/h4,6H,1-3H2,(H2,10,11)/b7-4+. The van der Waals surface area contributed by atoms with Gasteiger partial charge in [0.25, 0.3) is 5.91 Å². The topological polar surface area (TPSA) is 66.9 Å². The fraction of sp³-hybridized carbons (Fsp3) is 0.500. The van der Waals surface area contributed by atoms with Crippen molar-refractivity contribution in [1.29, 1.82) is 5.26 Å². The van der Waals surface area contributed by atoms with Gasteiger partial charge in [0.05, 0.1) is 0 Å². The zero-order valence-electron chi connectivity index (χ0n) is 6.21. The smallest absolute Gasteiger partial charge is 0.259 e. The lowest BCUT2D eigenvalue weighted by Gasteiger charge is -1.89. The number of carbonyl (C=O) groups is 1. The molecule has 3 nitrogen and oxygen atoms in total. The predicted octanol–water partition coefficient (Wildman–Crippen LogP) is 0.722. The maximum atomic E-state index is 10.5. The van der Waals surface area contributed by atoms with E-state index in [0.717, 1.165) is 6.42 Å². The summed E-state index contributed by atoms with van der Waals surface area (Å²) in [4.78, 5) is 10.5. The van der Waals surface area contributed by atoms with Crippen LogP contribution in [0.2, 0.25) is 0 Å². The van der Waals surface area contributed by atoms with Crippen molar-refractivity contribution in [2.45, 2.75) is 19.3 Å². The number of hydrogen-bond acceptors (Lipinski definition) is 2. The van der Waals surface area contributed by atoms with Gasteiger partial charge in [-0.05, 0) is 25.2 Å². The lowest BCUT2D eigenvalue weighted by molar-refractivity contribution is -0.114. The van der Waals surface area contributed by atoms with Crippen LogP contribution in [-0.4, -0.2) is 5.91 Å². The molecule has 58 valence electrons. The number of allylic oxidation sites excluding steroid dienone is 1. The van der Waals surface area contributed by atoms with E-state index >= 15 is 0 Å². The third-order valence-electron chi connectivity index (χ3n) is 1.74. The van der Waals surface area contributed by atoms with Crippen molar-refractivity contribution in [3.8, 4) is 6.07 Å². The second-order valence-electron chi connectivity index (χ2n) is 2.77. The van der Waals surface area contributed by atoms with E-state index in [1.165, 1.54) is 12.8 Å². The largest absolute Gasteiger partial charge is 0.365 e. The van der Waals surface area contributed by atoms with Crippen LogP contribution < -0.4 is 5.73 Å². The molecule has 0 spiro atoms. The molecule has 1 rings (SSSR count). The van der Waals surface area contributed by atoms with Crippen LogP contribution in [0.25, 0.3) is 0 Å². The molecular formula is C8H10N2O. The molecule has 0 radical (unpaired) electrons. The van der Waals surface area contributed by atoms with Gasteiger partial charge in [-0.25, -0.2) is 0 Å². The molecule has 0 unspecified atom stereocenters. The summed E-state index contributed by atoms with van der Waals surface area (Å²) in [5, 5.41) is 8.41. The van der Waals surface area contributed by atoms with Gasteiger partial charge in [-0.15, -0.1) is 0 Å². The molecule has 1 aliphatic carbocycles. The average molecular weight is 150 g/mol. The second kappa shape index (κ2) is 3.20. The number of rotatable bonds is 3. The van der Waals surface area contributed by atoms with E-state index in [-0.39, 0.29) is 5.57 Å². The average Bonchev–Trinajstić information content (AvgIpc) is 2.72. The third kappa shape index (κ3) is 2.42. The lowest BCUT2D eigenvalue weighted by atomic mass is 10.2. The van der Waals surface area contributed by atoms with Crippen LogP contribution in [0.1, 0.15) is 19.3 Å². The van der Waals surface area contributed by atoms with Crippen molar-refractivity contribution in [1.82, 2.24) is 0 Å². The molecule has 0 aliphatic heterocycles. The van der Waals surface area contributed by atoms with Crippen molar-refractivity contribution in [3.63, 3.8) is 0 Å². The molecule has 2 N–H and O–H groups in total. The summed E-state index contributed by atoms with van der Waals surface area (Å²) < 4.78 is 0. The highest BCUT2D eigenvalue weighted by Crippen LogP contribution is 2.32. The van der Waals surface area contributed by atoms with Crippen LogP contribution in [0.4, 0.5) is 0 Å². The van der Waals surface area contributed by atoms with E-state index in [1.54, 1.807) is 12.1 Å². The van der Waals surface area contributed by atoms with E-state index in [2.05, 4.69) is 0 Å². The fourth-order valence-corrected chi connectivity index (χ4v) is 0.839. The monoisotopic (exact) mass is 150 g/mol.